The summed E-state index contributed by atoms with van der Waals surface area (Å²) < 4.78 is 0. The van der Waals surface area contributed by atoms with E-state index in [1.165, 1.54) is 0 Å². The van der Waals surface area contributed by atoms with Crippen molar-refractivity contribution in [2.24, 2.45) is 5.41 Å². The van der Waals surface area contributed by atoms with Crippen LogP contribution in [0.2, 0.25) is 0 Å². The molecule has 0 radical (unpaired) electrons. The van der Waals surface area contributed by atoms with Crippen LogP contribution in [0.4, 0.5) is 0 Å². The summed E-state index contributed by atoms with van der Waals surface area (Å²) in [7, 11) is 0. The van der Waals surface area contributed by atoms with Crippen LogP contribution in [0.15, 0.2) is 0 Å². The molecular formula is C13H26ClN3O2. The van der Waals surface area contributed by atoms with Crippen LogP contribution in [-0.4, -0.2) is 48.9 Å². The maximum atomic E-state index is 12.2. The molecule has 1 aliphatic rings. The summed E-state index contributed by atoms with van der Waals surface area (Å²) in [6.07, 6.45) is 0.964. The zero-order valence-electron chi connectivity index (χ0n) is 12.3. The number of halogens is 1. The Morgan fingerprint density at radius 2 is 1.84 bits per heavy atom. The second kappa shape index (κ2) is 7.70. The topological polar surface area (TPSA) is 61.4 Å². The van der Waals surface area contributed by atoms with Gasteiger partial charge < -0.3 is 15.5 Å². The van der Waals surface area contributed by atoms with Crippen molar-refractivity contribution in [3.05, 3.63) is 0 Å². The van der Waals surface area contributed by atoms with Gasteiger partial charge in [0.05, 0.1) is 0 Å². The third kappa shape index (κ3) is 5.78. The Labute approximate surface area is 121 Å². The zero-order valence-corrected chi connectivity index (χ0v) is 13.1. The Balaban J connectivity index is 0.00000324. The molecule has 19 heavy (non-hydrogen) atoms. The average Bonchev–Trinajstić information content (AvgIpc) is 2.55. The van der Waals surface area contributed by atoms with E-state index in [9.17, 15) is 9.59 Å². The van der Waals surface area contributed by atoms with Crippen LogP contribution in [0, 0.1) is 5.41 Å². The van der Waals surface area contributed by atoms with Crippen LogP contribution >= 0.6 is 12.4 Å². The van der Waals surface area contributed by atoms with Crippen molar-refractivity contribution in [3.8, 4) is 0 Å². The van der Waals surface area contributed by atoms with Crippen LogP contribution in [0.3, 0.4) is 0 Å². The molecule has 2 N–H and O–H groups in total. The number of amides is 2. The summed E-state index contributed by atoms with van der Waals surface area (Å²) >= 11 is 0. The lowest BCUT2D eigenvalue weighted by molar-refractivity contribution is -0.138. The van der Waals surface area contributed by atoms with E-state index < -0.39 is 11.5 Å². The molecular weight excluding hydrogens is 266 g/mol. The van der Waals surface area contributed by atoms with Gasteiger partial charge in [0, 0.05) is 25.0 Å². The molecule has 1 fully saturated rings. The van der Waals surface area contributed by atoms with Gasteiger partial charge >= 0.3 is 0 Å². The van der Waals surface area contributed by atoms with E-state index in [1.807, 2.05) is 25.7 Å². The lowest BCUT2D eigenvalue weighted by atomic mass is 9.95. The number of carbonyl (C=O) groups is 2. The number of hydrogen-bond acceptors (Lipinski definition) is 3. The molecule has 112 valence electrons. The van der Waals surface area contributed by atoms with Gasteiger partial charge in [-0.1, -0.05) is 20.8 Å². The van der Waals surface area contributed by atoms with Gasteiger partial charge in [-0.15, -0.1) is 12.4 Å². The summed E-state index contributed by atoms with van der Waals surface area (Å²) in [6.45, 7) is 10.5. The number of hydrogen-bond donors (Lipinski definition) is 2. The predicted molar refractivity (Wildman–Crippen MR) is 78.4 cm³/mol. The molecule has 0 aromatic rings. The normalized spacial score (nSPS) is 18.0. The van der Waals surface area contributed by atoms with E-state index in [-0.39, 0.29) is 24.2 Å². The average molecular weight is 292 g/mol. The first kappa shape index (κ1) is 18.2. The SMILES string of the molecule is CC(NC(=O)C(C)(C)C)C(=O)N1CCCNCC1.Cl. The van der Waals surface area contributed by atoms with Gasteiger partial charge in [-0.05, 0) is 19.9 Å². The molecule has 5 nitrogen and oxygen atoms in total. The van der Waals surface area contributed by atoms with Gasteiger partial charge in [0.25, 0.3) is 0 Å². The van der Waals surface area contributed by atoms with Crippen LogP contribution in [-0.2, 0) is 9.59 Å². The third-order valence-corrected chi connectivity index (χ3v) is 3.05. The molecule has 1 saturated heterocycles. The molecule has 0 aliphatic carbocycles. The number of nitrogens with one attached hydrogen (secondary N) is 2. The fraction of sp³-hybridized carbons (Fsp3) is 0.846. The molecule has 0 bridgehead atoms. The maximum Gasteiger partial charge on any atom is 0.244 e. The number of carbonyl (C=O) groups excluding carboxylic acids is 2. The monoisotopic (exact) mass is 291 g/mol. The molecule has 1 heterocycles. The second-order valence-corrected chi connectivity index (χ2v) is 5.87. The highest BCUT2D eigenvalue weighted by Gasteiger charge is 2.27. The quantitative estimate of drug-likeness (QED) is 0.790. The molecule has 0 aromatic heterocycles. The van der Waals surface area contributed by atoms with E-state index in [0.717, 1.165) is 26.1 Å². The van der Waals surface area contributed by atoms with E-state index in [2.05, 4.69) is 10.6 Å². The van der Waals surface area contributed by atoms with Crippen molar-refractivity contribution in [2.75, 3.05) is 26.2 Å². The molecule has 2 amide bonds. The third-order valence-electron chi connectivity index (χ3n) is 3.05. The highest BCUT2D eigenvalue weighted by atomic mass is 35.5. The molecule has 0 aromatic carbocycles. The predicted octanol–water partition coefficient (Wildman–Crippen LogP) is 0.781. The first-order valence-corrected chi connectivity index (χ1v) is 6.63. The first-order valence-electron chi connectivity index (χ1n) is 6.63. The smallest absolute Gasteiger partial charge is 0.244 e. The molecule has 1 rings (SSSR count). The van der Waals surface area contributed by atoms with Crippen LogP contribution < -0.4 is 10.6 Å². The fourth-order valence-electron chi connectivity index (χ4n) is 1.81. The maximum absolute atomic E-state index is 12.2. The van der Waals surface area contributed by atoms with Crippen molar-refractivity contribution in [1.82, 2.24) is 15.5 Å². The van der Waals surface area contributed by atoms with E-state index in [4.69, 9.17) is 0 Å². The molecule has 1 unspecified atom stereocenters. The van der Waals surface area contributed by atoms with Crippen molar-refractivity contribution >= 4 is 24.2 Å². The second-order valence-electron chi connectivity index (χ2n) is 5.87. The lowest BCUT2D eigenvalue weighted by Gasteiger charge is -2.26. The summed E-state index contributed by atoms with van der Waals surface area (Å²) in [6, 6.07) is -0.449. The minimum atomic E-state index is -0.463. The Kier molecular flexibility index (Phi) is 7.37. The summed E-state index contributed by atoms with van der Waals surface area (Å²) in [5, 5.41) is 6.04. The minimum Gasteiger partial charge on any atom is -0.344 e. The molecule has 0 saturated carbocycles. The van der Waals surface area contributed by atoms with Crippen molar-refractivity contribution in [2.45, 2.75) is 40.2 Å². The minimum absolute atomic E-state index is 0. The highest BCUT2D eigenvalue weighted by Crippen LogP contribution is 2.13. The van der Waals surface area contributed by atoms with Crippen LogP contribution in [0.1, 0.15) is 34.1 Å². The van der Waals surface area contributed by atoms with Gasteiger partial charge in [0.15, 0.2) is 0 Å². The zero-order chi connectivity index (χ0) is 13.8. The molecule has 0 spiro atoms. The van der Waals surface area contributed by atoms with E-state index in [1.54, 1.807) is 6.92 Å². The van der Waals surface area contributed by atoms with E-state index >= 15 is 0 Å². The van der Waals surface area contributed by atoms with Crippen molar-refractivity contribution < 1.29 is 9.59 Å². The van der Waals surface area contributed by atoms with Crippen molar-refractivity contribution in [3.63, 3.8) is 0 Å². The molecule has 6 heteroatoms. The van der Waals surface area contributed by atoms with Crippen LogP contribution in [0.25, 0.3) is 0 Å². The van der Waals surface area contributed by atoms with Gasteiger partial charge in [0.1, 0.15) is 6.04 Å². The Morgan fingerprint density at radius 3 is 2.42 bits per heavy atom. The molecule has 1 atom stereocenters. The standard InChI is InChI=1S/C13H25N3O2.ClH/c1-10(15-12(18)13(2,3)4)11(17)16-8-5-6-14-7-9-16;/h10,14H,5-9H2,1-4H3,(H,15,18);1H. The van der Waals surface area contributed by atoms with Crippen molar-refractivity contribution in [1.29, 1.82) is 0 Å². The number of nitrogens with zero attached hydrogens (tertiary/aromatic N) is 1. The summed E-state index contributed by atoms with van der Waals surface area (Å²) in [5.41, 5.74) is -0.463. The van der Waals surface area contributed by atoms with Gasteiger partial charge in [0.2, 0.25) is 11.8 Å². The largest absolute Gasteiger partial charge is 0.344 e. The summed E-state index contributed by atoms with van der Waals surface area (Å²) in [4.78, 5) is 25.9. The van der Waals surface area contributed by atoms with Gasteiger partial charge in [-0.3, -0.25) is 9.59 Å². The lowest BCUT2D eigenvalue weighted by Crippen LogP contribution is -2.50. The van der Waals surface area contributed by atoms with Gasteiger partial charge in [-0.2, -0.15) is 0 Å². The summed E-state index contributed by atoms with van der Waals surface area (Å²) in [5.74, 6) is -0.0763. The van der Waals surface area contributed by atoms with Crippen LogP contribution in [0.5, 0.6) is 0 Å². The molecule has 1 aliphatic heterocycles. The number of rotatable bonds is 2. The van der Waals surface area contributed by atoms with Gasteiger partial charge in [-0.25, -0.2) is 0 Å². The highest BCUT2D eigenvalue weighted by molar-refractivity contribution is 5.89. The Morgan fingerprint density at radius 1 is 1.21 bits per heavy atom. The van der Waals surface area contributed by atoms with E-state index in [0.29, 0.717) is 6.54 Å². The fourth-order valence-corrected chi connectivity index (χ4v) is 1.81. The first-order chi connectivity index (χ1) is 8.32. The Hall–Kier alpha value is -0.810. The Bertz CT molecular complexity index is 308.